The molecule has 4 heterocycles. The molecule has 35 heavy (non-hydrogen) atoms. The van der Waals surface area contributed by atoms with Crippen LogP contribution in [0.4, 0.5) is 0 Å². The van der Waals surface area contributed by atoms with Crippen LogP contribution in [0.15, 0.2) is 70.5 Å². The summed E-state index contributed by atoms with van der Waals surface area (Å²) in [6, 6.07) is 15.9. The van der Waals surface area contributed by atoms with E-state index in [1.54, 1.807) is 15.8 Å². The number of aromatic hydroxyl groups is 1. The number of carbonyl (C=O) groups is 1. The van der Waals surface area contributed by atoms with Crippen molar-refractivity contribution in [3.8, 4) is 5.75 Å². The van der Waals surface area contributed by atoms with Gasteiger partial charge in [0.2, 0.25) is 5.43 Å². The molecule has 3 unspecified atom stereocenters. The van der Waals surface area contributed by atoms with Gasteiger partial charge in [0, 0.05) is 29.0 Å². The largest absolute Gasteiger partial charge is 0.502 e. The average molecular weight is 486 g/mol. The molecule has 1 aliphatic carbocycles. The fraction of sp³-hybridized carbons (Fsp3) is 0.259. The molecule has 1 N–H and O–H groups in total. The van der Waals surface area contributed by atoms with Crippen molar-refractivity contribution in [3.05, 3.63) is 99.0 Å². The van der Waals surface area contributed by atoms with E-state index in [-0.39, 0.29) is 29.1 Å². The van der Waals surface area contributed by atoms with Gasteiger partial charge in [-0.05, 0) is 34.7 Å². The Morgan fingerprint density at radius 3 is 2.80 bits per heavy atom. The van der Waals surface area contributed by atoms with Gasteiger partial charge in [0.1, 0.15) is 6.17 Å². The molecule has 0 bridgehead atoms. The van der Waals surface area contributed by atoms with Crippen molar-refractivity contribution in [1.82, 2.24) is 9.58 Å². The lowest BCUT2D eigenvalue weighted by molar-refractivity contribution is -0.0197. The highest BCUT2D eigenvalue weighted by Crippen LogP contribution is 2.52. The fourth-order valence-corrected chi connectivity index (χ4v) is 7.23. The van der Waals surface area contributed by atoms with Crippen LogP contribution in [0.5, 0.6) is 5.75 Å². The van der Waals surface area contributed by atoms with Crippen molar-refractivity contribution in [2.45, 2.75) is 28.8 Å². The van der Waals surface area contributed by atoms with Crippen LogP contribution in [0.2, 0.25) is 0 Å². The maximum Gasteiger partial charge on any atom is 0.278 e. The first-order valence-corrected chi connectivity index (χ1v) is 12.7. The molecule has 7 rings (SSSR count). The molecule has 2 aromatic carbocycles. The van der Waals surface area contributed by atoms with Crippen molar-refractivity contribution < 1.29 is 14.6 Å². The van der Waals surface area contributed by atoms with E-state index in [9.17, 15) is 14.7 Å². The highest BCUT2D eigenvalue weighted by molar-refractivity contribution is 7.99. The SMILES string of the molecule is O=C1c2c(O)c(=O)ccn2N(C2c3ccccc3SC3CC=Cc4cccc2c43)C2COCCN12. The van der Waals surface area contributed by atoms with Gasteiger partial charge in [0.25, 0.3) is 5.91 Å². The summed E-state index contributed by atoms with van der Waals surface area (Å²) in [5.41, 5.74) is 4.24. The third-order valence-electron chi connectivity index (χ3n) is 7.36. The van der Waals surface area contributed by atoms with Crippen molar-refractivity contribution in [3.63, 3.8) is 0 Å². The number of fused-ring (bicyclic) bond motifs is 3. The van der Waals surface area contributed by atoms with Gasteiger partial charge in [0.15, 0.2) is 11.4 Å². The Morgan fingerprint density at radius 1 is 1.03 bits per heavy atom. The number of ether oxygens (including phenoxy) is 1. The van der Waals surface area contributed by atoms with Crippen LogP contribution in [-0.4, -0.2) is 46.5 Å². The number of rotatable bonds is 1. The summed E-state index contributed by atoms with van der Waals surface area (Å²) < 4.78 is 7.55. The van der Waals surface area contributed by atoms with Crippen LogP contribution in [0.1, 0.15) is 50.5 Å². The molecule has 1 amide bonds. The van der Waals surface area contributed by atoms with E-state index in [2.05, 4.69) is 53.6 Å². The minimum absolute atomic E-state index is 0.00581. The minimum atomic E-state index is -0.560. The highest BCUT2D eigenvalue weighted by atomic mass is 32.2. The second-order valence-corrected chi connectivity index (χ2v) is 10.4. The number of morpholine rings is 1. The number of hydrogen-bond acceptors (Lipinski definition) is 6. The summed E-state index contributed by atoms with van der Waals surface area (Å²) in [6.07, 6.45) is 6.59. The molecule has 1 saturated heterocycles. The lowest BCUT2D eigenvalue weighted by atomic mass is 9.86. The summed E-state index contributed by atoms with van der Waals surface area (Å²) in [4.78, 5) is 28.8. The molecule has 1 fully saturated rings. The number of allylic oxidation sites excluding steroid dienone is 1. The molecule has 3 aromatic rings. The Labute approximate surface area is 206 Å². The maximum atomic E-state index is 13.5. The number of aromatic nitrogens is 1. The Bertz CT molecular complexity index is 1470. The van der Waals surface area contributed by atoms with E-state index >= 15 is 0 Å². The molecule has 0 saturated carbocycles. The zero-order valence-electron chi connectivity index (χ0n) is 18.8. The van der Waals surface area contributed by atoms with Crippen LogP contribution in [0.25, 0.3) is 6.08 Å². The molecule has 1 aromatic heterocycles. The van der Waals surface area contributed by atoms with Gasteiger partial charge in [-0.1, -0.05) is 48.6 Å². The maximum absolute atomic E-state index is 13.5. The van der Waals surface area contributed by atoms with Crippen LogP contribution < -0.4 is 10.4 Å². The van der Waals surface area contributed by atoms with E-state index in [1.165, 1.54) is 27.7 Å². The van der Waals surface area contributed by atoms with E-state index in [1.807, 2.05) is 17.8 Å². The second kappa shape index (κ2) is 7.76. The number of carbonyl (C=O) groups excluding carboxylic acids is 1. The zero-order chi connectivity index (χ0) is 23.7. The third kappa shape index (κ3) is 2.96. The molecule has 176 valence electrons. The number of amides is 1. The summed E-state index contributed by atoms with van der Waals surface area (Å²) in [5.74, 6) is -0.864. The molecular weight excluding hydrogens is 462 g/mol. The van der Waals surface area contributed by atoms with Crippen LogP contribution in [0, 0.1) is 0 Å². The molecule has 0 spiro atoms. The van der Waals surface area contributed by atoms with E-state index < -0.39 is 11.2 Å². The number of pyridine rings is 1. The molecular formula is C27H23N3O4S. The molecule has 7 nitrogen and oxygen atoms in total. The van der Waals surface area contributed by atoms with Crippen molar-refractivity contribution >= 4 is 23.7 Å². The molecule has 0 radical (unpaired) electrons. The van der Waals surface area contributed by atoms with Crippen molar-refractivity contribution in [2.75, 3.05) is 24.8 Å². The van der Waals surface area contributed by atoms with E-state index in [4.69, 9.17) is 4.74 Å². The first-order valence-electron chi connectivity index (χ1n) is 11.8. The monoisotopic (exact) mass is 485 g/mol. The van der Waals surface area contributed by atoms with Gasteiger partial charge in [-0.15, -0.1) is 11.8 Å². The number of hydrogen-bond donors (Lipinski definition) is 1. The summed E-state index contributed by atoms with van der Waals surface area (Å²) >= 11 is 1.87. The first-order chi connectivity index (χ1) is 17.1. The molecule has 3 aliphatic heterocycles. The molecule has 3 atom stereocenters. The van der Waals surface area contributed by atoms with E-state index in [0.717, 1.165) is 12.0 Å². The van der Waals surface area contributed by atoms with Crippen molar-refractivity contribution in [2.24, 2.45) is 0 Å². The normalized spacial score (nSPS) is 24.2. The van der Waals surface area contributed by atoms with Gasteiger partial charge in [-0.25, -0.2) is 0 Å². The van der Waals surface area contributed by atoms with Gasteiger partial charge >= 0.3 is 0 Å². The molecule has 4 aliphatic rings. The predicted octanol–water partition coefficient (Wildman–Crippen LogP) is 3.66. The molecule has 8 heteroatoms. The predicted molar refractivity (Wildman–Crippen MR) is 133 cm³/mol. The van der Waals surface area contributed by atoms with Gasteiger partial charge in [-0.3, -0.25) is 19.3 Å². The standard InChI is InChI=1S/C27H23N3O4S/c31-19-11-12-29-25(26(19)32)27(33)28-13-14-34-15-22(28)30(29)24-17-7-1-2-9-20(17)35-21-10-4-6-16-5-3-8-18(24)23(16)21/h1-9,11-12,21-22,24,32H,10,13-15H2. The Hall–Kier alpha value is -3.49. The van der Waals surface area contributed by atoms with Crippen LogP contribution >= 0.6 is 11.8 Å². The lowest BCUT2D eigenvalue weighted by Gasteiger charge is -2.51. The zero-order valence-corrected chi connectivity index (χ0v) is 19.6. The topological polar surface area (TPSA) is 75.0 Å². The fourth-order valence-electron chi connectivity index (χ4n) is 5.85. The van der Waals surface area contributed by atoms with Crippen LogP contribution in [0.3, 0.4) is 0 Å². The smallest absolute Gasteiger partial charge is 0.278 e. The van der Waals surface area contributed by atoms with Crippen LogP contribution in [-0.2, 0) is 4.74 Å². The first kappa shape index (κ1) is 20.8. The average Bonchev–Trinajstić information content (AvgIpc) is 3.02. The number of benzene rings is 2. The van der Waals surface area contributed by atoms with Gasteiger partial charge < -0.3 is 14.7 Å². The quantitative estimate of drug-likeness (QED) is 0.567. The number of thioether (sulfide) groups is 1. The Kier molecular flexibility index (Phi) is 4.62. The third-order valence-corrected chi connectivity index (χ3v) is 8.70. The van der Waals surface area contributed by atoms with Gasteiger partial charge in [0.05, 0.1) is 19.3 Å². The van der Waals surface area contributed by atoms with Crippen molar-refractivity contribution in [1.29, 1.82) is 0 Å². The summed E-state index contributed by atoms with van der Waals surface area (Å²) in [6.45, 7) is 1.14. The Morgan fingerprint density at radius 2 is 1.89 bits per heavy atom. The summed E-state index contributed by atoms with van der Waals surface area (Å²) in [5, 5.41) is 13.1. The van der Waals surface area contributed by atoms with E-state index in [0.29, 0.717) is 19.8 Å². The minimum Gasteiger partial charge on any atom is -0.502 e. The highest BCUT2D eigenvalue weighted by Gasteiger charge is 2.46. The summed E-state index contributed by atoms with van der Waals surface area (Å²) in [7, 11) is 0. The second-order valence-electron chi connectivity index (χ2n) is 9.19. The lowest BCUT2D eigenvalue weighted by Crippen LogP contribution is -2.66. The number of nitrogens with zero attached hydrogens (tertiary/aromatic N) is 3. The van der Waals surface area contributed by atoms with Gasteiger partial charge in [-0.2, -0.15) is 0 Å². The Balaban J connectivity index is 1.55.